The van der Waals surface area contributed by atoms with E-state index in [1.807, 2.05) is 0 Å². The van der Waals surface area contributed by atoms with E-state index in [0.717, 1.165) is 0 Å². The van der Waals surface area contributed by atoms with Gasteiger partial charge in [-0.2, -0.15) is 0 Å². The lowest BCUT2D eigenvalue weighted by Gasteiger charge is -1.87. The first-order valence-corrected chi connectivity index (χ1v) is 3.00. The zero-order valence-corrected chi connectivity index (χ0v) is 5.02. The van der Waals surface area contributed by atoms with Crippen LogP contribution < -0.4 is 5.73 Å². The average Bonchev–Trinajstić information content (AvgIpc) is 2.45. The maximum absolute atomic E-state index is 5.44. The van der Waals surface area contributed by atoms with E-state index in [1.54, 1.807) is 0 Å². The van der Waals surface area contributed by atoms with Crippen LogP contribution in [0.5, 0.6) is 0 Å². The number of H-pyrrole nitrogens is 1. The van der Waals surface area contributed by atoms with Crippen molar-refractivity contribution in [3.05, 3.63) is 23.8 Å². The van der Waals surface area contributed by atoms with Gasteiger partial charge in [0, 0.05) is 17.6 Å². The van der Waals surface area contributed by atoms with Gasteiger partial charge in [-0.05, 0) is 23.8 Å². The number of nitrogens with one attached hydrogen (secondary N) is 1. The Hall–Kier alpha value is -1.02. The Morgan fingerprint density at radius 1 is 1.44 bits per heavy atom. The molecule has 0 fully saturated rings. The summed E-state index contributed by atoms with van der Waals surface area (Å²) in [5.74, 6) is 0. The Morgan fingerprint density at radius 3 is 2.67 bits per heavy atom. The van der Waals surface area contributed by atoms with Crippen LogP contribution in [-0.2, 0) is 6.54 Å². The summed E-state index contributed by atoms with van der Waals surface area (Å²) in [7, 11) is 0. The topological polar surface area (TPSA) is 41.8 Å². The highest BCUT2D eigenvalue weighted by Crippen LogP contribution is 2.15. The number of aromatic nitrogens is 1. The van der Waals surface area contributed by atoms with Gasteiger partial charge in [0.25, 0.3) is 0 Å². The van der Waals surface area contributed by atoms with Crippen LogP contribution in [0.25, 0.3) is 11.0 Å². The molecule has 0 radical (unpaired) electrons. The summed E-state index contributed by atoms with van der Waals surface area (Å²) in [6.07, 6.45) is 0. The van der Waals surface area contributed by atoms with Gasteiger partial charge >= 0.3 is 0 Å². The minimum atomic E-state index is 0.635. The van der Waals surface area contributed by atoms with Gasteiger partial charge in [0.2, 0.25) is 0 Å². The van der Waals surface area contributed by atoms with Crippen LogP contribution in [0.3, 0.4) is 0 Å². The van der Waals surface area contributed by atoms with E-state index in [0.29, 0.717) is 6.54 Å². The minimum absolute atomic E-state index is 0.635. The molecule has 9 heavy (non-hydrogen) atoms. The molecule has 2 heterocycles. The molecule has 0 saturated carbocycles. The first kappa shape index (κ1) is 4.82. The quantitative estimate of drug-likeness (QED) is 0.580. The molecule has 2 aromatic rings. The van der Waals surface area contributed by atoms with Crippen molar-refractivity contribution in [2.24, 2.45) is 5.73 Å². The van der Waals surface area contributed by atoms with Crippen LogP contribution in [-0.4, -0.2) is 4.98 Å². The van der Waals surface area contributed by atoms with E-state index in [2.05, 4.69) is 23.2 Å². The molecule has 0 amide bonds. The summed E-state index contributed by atoms with van der Waals surface area (Å²) in [5.41, 5.74) is 9.00. The van der Waals surface area contributed by atoms with Crippen molar-refractivity contribution in [1.29, 1.82) is 0 Å². The number of hydrogen-bond acceptors (Lipinski definition) is 1. The van der Waals surface area contributed by atoms with Crippen molar-refractivity contribution in [3.8, 4) is 0 Å². The molecule has 0 spiro atoms. The maximum Gasteiger partial charge on any atom is 0.0431 e. The zero-order chi connectivity index (χ0) is 6.27. The van der Waals surface area contributed by atoms with Crippen molar-refractivity contribution in [3.63, 3.8) is 0 Å². The smallest absolute Gasteiger partial charge is 0.0431 e. The van der Waals surface area contributed by atoms with Crippen molar-refractivity contribution in [1.82, 2.24) is 4.98 Å². The zero-order valence-electron chi connectivity index (χ0n) is 5.02. The molecule has 2 aromatic heterocycles. The molecule has 0 aliphatic heterocycles. The fraction of sp³-hybridized carbons (Fsp3) is 0.143. The maximum atomic E-state index is 5.44. The molecular weight excluding hydrogens is 112 g/mol. The number of rotatable bonds is 1. The lowest BCUT2D eigenvalue weighted by atomic mass is 10.2. The van der Waals surface area contributed by atoms with E-state index < -0.39 is 0 Å². The van der Waals surface area contributed by atoms with E-state index >= 15 is 0 Å². The second-order valence-corrected chi connectivity index (χ2v) is 2.20. The molecule has 2 heteroatoms. The highest BCUT2D eigenvalue weighted by molar-refractivity contribution is 5.70. The third-order valence-electron chi connectivity index (χ3n) is 1.60. The highest BCUT2D eigenvalue weighted by atomic mass is 14.7. The van der Waals surface area contributed by atoms with Crippen molar-refractivity contribution in [2.45, 2.75) is 6.54 Å². The Kier molecular flexibility index (Phi) is 0.794. The van der Waals surface area contributed by atoms with Crippen LogP contribution in [0, 0.1) is 0 Å². The van der Waals surface area contributed by atoms with E-state index in [-0.39, 0.29) is 0 Å². The molecule has 0 atom stereocenters. The number of aromatic amines is 1. The molecule has 3 N–H and O–H groups in total. The monoisotopic (exact) mass is 120 g/mol. The lowest BCUT2D eigenvalue weighted by Crippen LogP contribution is -1.93. The summed E-state index contributed by atoms with van der Waals surface area (Å²) in [4.78, 5) is 3.18. The molecule has 0 aliphatic carbocycles. The van der Waals surface area contributed by atoms with E-state index in [9.17, 15) is 0 Å². The van der Waals surface area contributed by atoms with Gasteiger partial charge in [0.05, 0.1) is 0 Å². The molecule has 0 saturated heterocycles. The summed E-state index contributed by atoms with van der Waals surface area (Å²) in [5, 5.41) is 0. The molecule has 2 rings (SSSR count). The first-order chi connectivity index (χ1) is 4.40. The van der Waals surface area contributed by atoms with Crippen LogP contribution in [0.2, 0.25) is 0 Å². The standard InChI is InChI=1S/C7H8N2/c8-4-5-3-6-1-2-7(5)9-6/h1-3,9H,4,8H2. The number of nitrogens with two attached hydrogens (primary N) is 1. The van der Waals surface area contributed by atoms with Crippen LogP contribution in [0.1, 0.15) is 5.56 Å². The van der Waals surface area contributed by atoms with Crippen LogP contribution in [0.15, 0.2) is 18.2 Å². The normalized spacial score (nSPS) is 11.2. The van der Waals surface area contributed by atoms with Crippen LogP contribution >= 0.6 is 0 Å². The minimum Gasteiger partial charge on any atom is -0.355 e. The third kappa shape index (κ3) is 0.535. The average molecular weight is 120 g/mol. The van der Waals surface area contributed by atoms with Gasteiger partial charge in [-0.1, -0.05) is 0 Å². The SMILES string of the molecule is NCc1cc2ccc1[nH]2. The van der Waals surface area contributed by atoms with Gasteiger partial charge in [-0.3, -0.25) is 0 Å². The van der Waals surface area contributed by atoms with E-state index in [1.165, 1.54) is 16.6 Å². The molecule has 2 bridgehead atoms. The summed E-state index contributed by atoms with van der Waals surface area (Å²) < 4.78 is 0. The number of hydrogen-bond donors (Lipinski definition) is 2. The van der Waals surface area contributed by atoms with Crippen molar-refractivity contribution in [2.75, 3.05) is 0 Å². The Bertz CT molecular complexity index is 297. The Balaban J connectivity index is 2.72. The summed E-state index contributed by atoms with van der Waals surface area (Å²) >= 11 is 0. The lowest BCUT2D eigenvalue weighted by molar-refractivity contribution is 1.09. The Labute approximate surface area is 53.0 Å². The van der Waals surface area contributed by atoms with Crippen LogP contribution in [0.4, 0.5) is 0 Å². The molecule has 2 nitrogen and oxygen atoms in total. The largest absolute Gasteiger partial charge is 0.355 e. The predicted molar refractivity (Wildman–Crippen MR) is 37.4 cm³/mol. The summed E-state index contributed by atoms with van der Waals surface area (Å²) in [6, 6.07) is 6.18. The third-order valence-corrected chi connectivity index (χ3v) is 1.60. The van der Waals surface area contributed by atoms with Gasteiger partial charge in [0.1, 0.15) is 0 Å². The van der Waals surface area contributed by atoms with Gasteiger partial charge in [0.15, 0.2) is 0 Å². The van der Waals surface area contributed by atoms with Gasteiger partial charge in [-0.15, -0.1) is 0 Å². The number of benzene rings is 1. The van der Waals surface area contributed by atoms with Crippen molar-refractivity contribution >= 4 is 11.0 Å². The molecule has 0 aliphatic rings. The fourth-order valence-corrected chi connectivity index (χ4v) is 1.12. The second kappa shape index (κ2) is 1.48. The summed E-state index contributed by atoms with van der Waals surface area (Å²) in [6.45, 7) is 0.635. The molecular formula is C7H8N2. The molecule has 0 aromatic carbocycles. The predicted octanol–water partition coefficient (Wildman–Crippen LogP) is 1.06. The fourth-order valence-electron chi connectivity index (χ4n) is 1.12. The molecule has 46 valence electrons. The van der Waals surface area contributed by atoms with Gasteiger partial charge < -0.3 is 10.7 Å². The second-order valence-electron chi connectivity index (χ2n) is 2.20. The number of fused-ring (bicyclic) bond motifs is 2. The Morgan fingerprint density at radius 2 is 2.33 bits per heavy atom. The van der Waals surface area contributed by atoms with Crippen molar-refractivity contribution < 1.29 is 0 Å². The van der Waals surface area contributed by atoms with E-state index in [4.69, 9.17) is 5.73 Å². The first-order valence-electron chi connectivity index (χ1n) is 3.00. The molecule has 0 unspecified atom stereocenters. The highest BCUT2D eigenvalue weighted by Gasteiger charge is 1.99. The van der Waals surface area contributed by atoms with Gasteiger partial charge in [-0.25, -0.2) is 0 Å².